The Kier molecular flexibility index (Phi) is 4.02. The highest BCUT2D eigenvalue weighted by Crippen LogP contribution is 2.21. The number of hydrogen-bond donors (Lipinski definition) is 1. The molecule has 0 fully saturated rings. The first-order valence-electron chi connectivity index (χ1n) is 6.58. The third-order valence-corrected chi connectivity index (χ3v) is 3.32. The zero-order chi connectivity index (χ0) is 14.7. The van der Waals surface area contributed by atoms with E-state index in [1.807, 2.05) is 13.8 Å². The number of nitrogens with one attached hydrogen (secondary N) is 1. The molecule has 0 spiro atoms. The van der Waals surface area contributed by atoms with Crippen LogP contribution < -0.4 is 5.32 Å². The smallest absolute Gasteiger partial charge is 0.318 e. The molecule has 0 radical (unpaired) electrons. The van der Waals surface area contributed by atoms with Crippen LogP contribution in [0.3, 0.4) is 0 Å². The highest BCUT2D eigenvalue weighted by atomic mass is 16.2. The van der Waals surface area contributed by atoms with Gasteiger partial charge in [-0.2, -0.15) is 0 Å². The summed E-state index contributed by atoms with van der Waals surface area (Å²) in [4.78, 5) is 38.6. The van der Waals surface area contributed by atoms with Gasteiger partial charge in [0.15, 0.2) is 0 Å². The average Bonchev–Trinajstić information content (AvgIpc) is 2.71. The van der Waals surface area contributed by atoms with Crippen molar-refractivity contribution in [2.45, 2.75) is 13.8 Å². The van der Waals surface area contributed by atoms with Crippen LogP contribution in [0.4, 0.5) is 4.79 Å². The molecule has 2 rings (SSSR count). The maximum Gasteiger partial charge on any atom is 0.318 e. The molecule has 0 aromatic heterocycles. The van der Waals surface area contributed by atoms with Gasteiger partial charge in [-0.1, -0.05) is 12.1 Å². The molecule has 4 amide bonds. The Morgan fingerprint density at radius 1 is 1.10 bits per heavy atom. The van der Waals surface area contributed by atoms with Crippen LogP contribution in [0.1, 0.15) is 34.6 Å². The molecule has 6 heteroatoms. The van der Waals surface area contributed by atoms with Crippen molar-refractivity contribution < 1.29 is 14.4 Å². The normalized spacial score (nSPS) is 13.4. The van der Waals surface area contributed by atoms with E-state index in [1.165, 1.54) is 0 Å². The van der Waals surface area contributed by atoms with Gasteiger partial charge >= 0.3 is 6.03 Å². The van der Waals surface area contributed by atoms with Crippen molar-refractivity contribution in [2.24, 2.45) is 0 Å². The minimum Gasteiger partial charge on any atom is -0.325 e. The fourth-order valence-corrected chi connectivity index (χ4v) is 2.15. The Morgan fingerprint density at radius 3 is 2.05 bits per heavy atom. The molecular formula is C14H17N3O3. The molecule has 0 aliphatic carbocycles. The van der Waals surface area contributed by atoms with Gasteiger partial charge in [-0.3, -0.25) is 14.5 Å². The van der Waals surface area contributed by atoms with Crippen molar-refractivity contribution in [1.82, 2.24) is 15.1 Å². The molecule has 0 saturated heterocycles. The molecule has 1 heterocycles. The van der Waals surface area contributed by atoms with E-state index in [-0.39, 0.29) is 24.5 Å². The Morgan fingerprint density at radius 2 is 1.60 bits per heavy atom. The second-order valence-corrected chi connectivity index (χ2v) is 4.40. The van der Waals surface area contributed by atoms with Gasteiger partial charge in [0.05, 0.1) is 11.1 Å². The van der Waals surface area contributed by atoms with Crippen molar-refractivity contribution in [3.63, 3.8) is 0 Å². The van der Waals surface area contributed by atoms with Gasteiger partial charge < -0.3 is 10.2 Å². The molecule has 0 bridgehead atoms. The number of amides is 4. The highest BCUT2D eigenvalue weighted by Gasteiger charge is 2.35. The SMILES string of the molecule is CCN(CC)C(=O)NCN1C(=O)c2ccccc2C1=O. The Balaban J connectivity index is 2.04. The number of nitrogens with zero attached hydrogens (tertiary/aromatic N) is 2. The predicted molar refractivity (Wildman–Crippen MR) is 73.3 cm³/mol. The number of carbonyl (C=O) groups is 3. The van der Waals surface area contributed by atoms with Crippen LogP contribution in [0.25, 0.3) is 0 Å². The fraction of sp³-hybridized carbons (Fsp3) is 0.357. The largest absolute Gasteiger partial charge is 0.325 e. The number of imide groups is 1. The van der Waals surface area contributed by atoms with E-state index in [4.69, 9.17) is 0 Å². The van der Waals surface area contributed by atoms with Crippen molar-refractivity contribution in [2.75, 3.05) is 19.8 Å². The minimum atomic E-state index is -0.370. The number of hydrogen-bond acceptors (Lipinski definition) is 3. The van der Waals surface area contributed by atoms with Crippen molar-refractivity contribution in [3.05, 3.63) is 35.4 Å². The average molecular weight is 275 g/mol. The van der Waals surface area contributed by atoms with E-state index >= 15 is 0 Å². The quantitative estimate of drug-likeness (QED) is 0.842. The summed E-state index contributed by atoms with van der Waals surface area (Å²) < 4.78 is 0. The lowest BCUT2D eigenvalue weighted by atomic mass is 10.1. The van der Waals surface area contributed by atoms with Crippen LogP contribution in [0, 0.1) is 0 Å². The molecule has 0 atom stereocenters. The molecule has 1 aliphatic heterocycles. The van der Waals surface area contributed by atoms with Gasteiger partial charge in [0.2, 0.25) is 0 Å². The Hall–Kier alpha value is -2.37. The first-order valence-corrected chi connectivity index (χ1v) is 6.58. The number of carbonyl (C=O) groups excluding carboxylic acids is 3. The number of rotatable bonds is 4. The van der Waals surface area contributed by atoms with Gasteiger partial charge in [-0.15, -0.1) is 0 Å². The van der Waals surface area contributed by atoms with Crippen LogP contribution in [0.2, 0.25) is 0 Å². The molecule has 0 unspecified atom stereocenters. The van der Waals surface area contributed by atoms with Crippen LogP contribution in [-0.4, -0.2) is 47.4 Å². The van der Waals surface area contributed by atoms with E-state index in [0.29, 0.717) is 24.2 Å². The first kappa shape index (κ1) is 14.0. The summed E-state index contributed by atoms with van der Waals surface area (Å²) in [5.74, 6) is -0.740. The second-order valence-electron chi connectivity index (χ2n) is 4.40. The Labute approximate surface area is 117 Å². The third kappa shape index (κ3) is 2.36. The molecule has 1 aromatic carbocycles. The van der Waals surface area contributed by atoms with Gasteiger partial charge in [0, 0.05) is 13.1 Å². The summed E-state index contributed by atoms with van der Waals surface area (Å²) in [6.45, 7) is 4.77. The molecule has 1 aromatic rings. The van der Waals surface area contributed by atoms with E-state index < -0.39 is 0 Å². The molecular weight excluding hydrogens is 258 g/mol. The summed E-state index contributed by atoms with van der Waals surface area (Å²) in [5.41, 5.74) is 0.768. The van der Waals surface area contributed by atoms with Gasteiger partial charge in [0.1, 0.15) is 6.67 Å². The van der Waals surface area contributed by atoms with Crippen LogP contribution in [-0.2, 0) is 0 Å². The highest BCUT2D eigenvalue weighted by molar-refractivity contribution is 6.21. The standard InChI is InChI=1S/C14H17N3O3/c1-3-16(4-2)14(20)15-9-17-12(18)10-7-5-6-8-11(10)13(17)19/h5-8H,3-4,9H2,1-2H3,(H,15,20). The molecule has 1 N–H and O–H groups in total. The lowest BCUT2D eigenvalue weighted by Gasteiger charge is -2.21. The van der Waals surface area contributed by atoms with E-state index in [0.717, 1.165) is 4.90 Å². The molecule has 6 nitrogen and oxygen atoms in total. The van der Waals surface area contributed by atoms with E-state index in [1.54, 1.807) is 29.2 Å². The minimum absolute atomic E-state index is 0.109. The topological polar surface area (TPSA) is 69.7 Å². The maximum absolute atomic E-state index is 12.1. The fourth-order valence-electron chi connectivity index (χ4n) is 2.15. The first-order chi connectivity index (χ1) is 9.60. The van der Waals surface area contributed by atoms with Gasteiger partial charge in [-0.25, -0.2) is 4.79 Å². The van der Waals surface area contributed by atoms with Crippen LogP contribution in [0.5, 0.6) is 0 Å². The molecule has 106 valence electrons. The number of urea groups is 1. The summed E-state index contributed by atoms with van der Waals surface area (Å²) in [5, 5.41) is 2.59. The van der Waals surface area contributed by atoms with Crippen LogP contribution >= 0.6 is 0 Å². The molecule has 1 aliphatic rings. The van der Waals surface area contributed by atoms with Crippen LogP contribution in [0.15, 0.2) is 24.3 Å². The maximum atomic E-state index is 12.1. The number of fused-ring (bicyclic) bond motifs is 1. The van der Waals surface area contributed by atoms with Gasteiger partial charge in [-0.05, 0) is 26.0 Å². The summed E-state index contributed by atoms with van der Waals surface area (Å²) in [6.07, 6.45) is 0. The van der Waals surface area contributed by atoms with Crippen molar-refractivity contribution in [3.8, 4) is 0 Å². The second kappa shape index (κ2) is 5.73. The summed E-state index contributed by atoms with van der Waals surface area (Å²) in [6, 6.07) is 6.36. The Bertz CT molecular complexity index is 517. The van der Waals surface area contributed by atoms with Crippen molar-refractivity contribution in [1.29, 1.82) is 0 Å². The lowest BCUT2D eigenvalue weighted by Crippen LogP contribution is -2.46. The summed E-state index contributed by atoms with van der Waals surface area (Å²) in [7, 11) is 0. The zero-order valence-corrected chi connectivity index (χ0v) is 11.5. The van der Waals surface area contributed by atoms with E-state index in [9.17, 15) is 14.4 Å². The lowest BCUT2D eigenvalue weighted by molar-refractivity contribution is 0.0644. The monoisotopic (exact) mass is 275 g/mol. The zero-order valence-electron chi connectivity index (χ0n) is 11.5. The predicted octanol–water partition coefficient (Wildman–Crippen LogP) is 1.29. The number of benzene rings is 1. The van der Waals surface area contributed by atoms with E-state index in [2.05, 4.69) is 5.32 Å². The van der Waals surface area contributed by atoms with Gasteiger partial charge in [0.25, 0.3) is 11.8 Å². The van der Waals surface area contributed by atoms with Crippen molar-refractivity contribution >= 4 is 17.8 Å². The third-order valence-electron chi connectivity index (χ3n) is 3.32. The molecule has 20 heavy (non-hydrogen) atoms. The summed E-state index contributed by atoms with van der Waals surface area (Å²) >= 11 is 0. The molecule has 0 saturated carbocycles.